The third-order valence-corrected chi connectivity index (χ3v) is 3.75. The summed E-state index contributed by atoms with van der Waals surface area (Å²) in [5.74, 6) is 0.756. The molecular formula is C10H9ClOS2. The van der Waals surface area contributed by atoms with Crippen molar-refractivity contribution in [2.45, 2.75) is 11.8 Å². The summed E-state index contributed by atoms with van der Waals surface area (Å²) in [5.41, 5.74) is 0. The van der Waals surface area contributed by atoms with Crippen molar-refractivity contribution >= 4 is 45.7 Å². The van der Waals surface area contributed by atoms with Crippen LogP contribution in [0.3, 0.4) is 0 Å². The lowest BCUT2D eigenvalue weighted by atomic mass is 10.2. The molecule has 0 amide bonds. The van der Waals surface area contributed by atoms with Crippen molar-refractivity contribution in [3.63, 3.8) is 0 Å². The molecule has 0 bridgehead atoms. The number of thiophene rings is 1. The molecule has 0 saturated heterocycles. The summed E-state index contributed by atoms with van der Waals surface area (Å²) < 4.78 is 6.51. The maximum absolute atomic E-state index is 6.11. The number of fused-ring (bicyclic) bond motifs is 1. The van der Waals surface area contributed by atoms with Gasteiger partial charge in [0.1, 0.15) is 5.75 Å². The fourth-order valence-electron chi connectivity index (χ4n) is 1.33. The van der Waals surface area contributed by atoms with Gasteiger partial charge in [-0.05, 0) is 18.4 Å². The van der Waals surface area contributed by atoms with E-state index in [4.69, 9.17) is 16.3 Å². The fraction of sp³-hybridized carbons (Fsp3) is 0.200. The van der Waals surface area contributed by atoms with Gasteiger partial charge in [-0.2, -0.15) is 0 Å². The van der Waals surface area contributed by atoms with E-state index in [9.17, 15) is 0 Å². The predicted octanol–water partition coefficient (Wildman–Crippen LogP) is 4.24. The van der Waals surface area contributed by atoms with E-state index < -0.39 is 0 Å². The van der Waals surface area contributed by atoms with Crippen LogP contribution >= 0.6 is 35.6 Å². The number of thiol groups is 1. The molecule has 4 heteroatoms. The molecule has 0 atom stereocenters. The van der Waals surface area contributed by atoms with Gasteiger partial charge in [-0.15, -0.1) is 24.0 Å². The largest absolute Gasteiger partial charge is 0.493 e. The molecule has 74 valence electrons. The highest BCUT2D eigenvalue weighted by atomic mass is 35.5. The molecule has 1 aromatic carbocycles. The molecule has 14 heavy (non-hydrogen) atoms. The van der Waals surface area contributed by atoms with Gasteiger partial charge in [0.15, 0.2) is 0 Å². The number of ether oxygens (including phenoxy) is 1. The minimum Gasteiger partial charge on any atom is -0.493 e. The molecule has 1 aromatic heterocycles. The summed E-state index contributed by atoms with van der Waals surface area (Å²) in [4.78, 5) is 0.868. The van der Waals surface area contributed by atoms with Crippen LogP contribution < -0.4 is 4.74 Å². The van der Waals surface area contributed by atoms with Gasteiger partial charge in [-0.1, -0.05) is 11.6 Å². The summed E-state index contributed by atoms with van der Waals surface area (Å²) in [6, 6.07) is 3.84. The van der Waals surface area contributed by atoms with E-state index in [1.807, 2.05) is 24.4 Å². The van der Waals surface area contributed by atoms with Gasteiger partial charge >= 0.3 is 0 Å². The molecule has 0 N–H and O–H groups in total. The van der Waals surface area contributed by atoms with E-state index in [0.717, 1.165) is 25.8 Å². The zero-order valence-corrected chi connectivity index (χ0v) is 10.0. The van der Waals surface area contributed by atoms with Crippen molar-refractivity contribution in [3.05, 3.63) is 22.5 Å². The van der Waals surface area contributed by atoms with Crippen LogP contribution in [0, 0.1) is 0 Å². The first-order chi connectivity index (χ1) is 6.74. The molecule has 2 rings (SSSR count). The molecule has 0 fully saturated rings. The Labute approximate surface area is 97.1 Å². The molecule has 0 aliphatic rings. The van der Waals surface area contributed by atoms with Crippen LogP contribution in [0.25, 0.3) is 10.1 Å². The van der Waals surface area contributed by atoms with Crippen LogP contribution in [-0.4, -0.2) is 6.61 Å². The average Bonchev–Trinajstić information content (AvgIpc) is 2.63. The van der Waals surface area contributed by atoms with Crippen LogP contribution in [0.5, 0.6) is 5.75 Å². The van der Waals surface area contributed by atoms with E-state index >= 15 is 0 Å². The number of halogens is 1. The monoisotopic (exact) mass is 244 g/mol. The van der Waals surface area contributed by atoms with Crippen LogP contribution in [0.2, 0.25) is 5.02 Å². The zero-order chi connectivity index (χ0) is 10.1. The smallest absolute Gasteiger partial charge is 0.134 e. The van der Waals surface area contributed by atoms with Gasteiger partial charge in [-0.25, -0.2) is 0 Å². The first-order valence-electron chi connectivity index (χ1n) is 4.25. The van der Waals surface area contributed by atoms with E-state index in [1.54, 1.807) is 11.3 Å². The SMILES string of the molecule is CCOc1cc(Cl)c2sccc2c1S. The average molecular weight is 245 g/mol. The molecule has 0 radical (unpaired) electrons. The highest BCUT2D eigenvalue weighted by Gasteiger charge is 2.10. The molecule has 1 heterocycles. The van der Waals surface area contributed by atoms with Gasteiger partial charge in [0.2, 0.25) is 0 Å². The minimum absolute atomic E-state index is 0.625. The van der Waals surface area contributed by atoms with Gasteiger partial charge in [-0.3, -0.25) is 0 Å². The second-order valence-corrected chi connectivity index (χ2v) is 4.57. The third-order valence-electron chi connectivity index (χ3n) is 1.93. The highest BCUT2D eigenvalue weighted by Crippen LogP contribution is 2.39. The van der Waals surface area contributed by atoms with Crippen LogP contribution in [0.4, 0.5) is 0 Å². The van der Waals surface area contributed by atoms with Crippen LogP contribution in [0.15, 0.2) is 22.4 Å². The molecule has 2 aromatic rings. The molecule has 0 saturated carbocycles. The van der Waals surface area contributed by atoms with E-state index in [1.165, 1.54) is 0 Å². The first-order valence-corrected chi connectivity index (χ1v) is 5.96. The number of hydrogen-bond donors (Lipinski definition) is 1. The normalized spacial score (nSPS) is 10.8. The molecule has 0 aliphatic heterocycles. The Morgan fingerprint density at radius 1 is 1.57 bits per heavy atom. The van der Waals surface area contributed by atoms with Crippen molar-refractivity contribution in [2.75, 3.05) is 6.61 Å². The van der Waals surface area contributed by atoms with E-state index in [0.29, 0.717) is 6.61 Å². The Balaban J connectivity index is 2.68. The lowest BCUT2D eigenvalue weighted by Gasteiger charge is -2.07. The number of rotatable bonds is 2. The number of benzene rings is 1. The molecule has 0 unspecified atom stereocenters. The predicted molar refractivity (Wildman–Crippen MR) is 65.3 cm³/mol. The Hall–Kier alpha value is -0.380. The Morgan fingerprint density at radius 3 is 3.07 bits per heavy atom. The molecule has 0 spiro atoms. The van der Waals surface area contributed by atoms with Crippen molar-refractivity contribution < 1.29 is 4.74 Å². The Kier molecular flexibility index (Phi) is 2.91. The fourth-order valence-corrected chi connectivity index (χ4v) is 2.86. The van der Waals surface area contributed by atoms with Crippen LogP contribution in [0.1, 0.15) is 6.92 Å². The van der Waals surface area contributed by atoms with Gasteiger partial charge < -0.3 is 4.74 Å². The van der Waals surface area contributed by atoms with Crippen LogP contribution in [-0.2, 0) is 0 Å². The summed E-state index contributed by atoms with van der Waals surface area (Å²) in [6.07, 6.45) is 0. The summed E-state index contributed by atoms with van der Waals surface area (Å²) in [7, 11) is 0. The molecular weight excluding hydrogens is 236 g/mol. The second-order valence-electron chi connectivity index (χ2n) is 2.80. The Morgan fingerprint density at radius 2 is 2.36 bits per heavy atom. The summed E-state index contributed by atoms with van der Waals surface area (Å²) in [5, 5.41) is 3.80. The maximum Gasteiger partial charge on any atom is 0.134 e. The zero-order valence-electron chi connectivity index (χ0n) is 7.58. The quantitative estimate of drug-likeness (QED) is 0.778. The molecule has 1 nitrogen and oxygen atoms in total. The highest BCUT2D eigenvalue weighted by molar-refractivity contribution is 7.80. The van der Waals surface area contributed by atoms with E-state index in [2.05, 4.69) is 12.6 Å². The maximum atomic E-state index is 6.11. The standard InChI is InChI=1S/C10H9ClOS2/c1-2-12-8-5-7(11)10-6(9(8)13)3-4-14-10/h3-5,13H,2H2,1H3. The van der Waals surface area contributed by atoms with Crippen molar-refractivity contribution in [2.24, 2.45) is 0 Å². The lowest BCUT2D eigenvalue weighted by Crippen LogP contribution is -1.92. The third kappa shape index (κ3) is 1.60. The topological polar surface area (TPSA) is 9.23 Å². The second kappa shape index (κ2) is 4.01. The van der Waals surface area contributed by atoms with Gasteiger partial charge in [0.25, 0.3) is 0 Å². The summed E-state index contributed by atoms with van der Waals surface area (Å²) in [6.45, 7) is 2.57. The first kappa shape index (κ1) is 10.1. The van der Waals surface area contributed by atoms with Crippen molar-refractivity contribution in [1.82, 2.24) is 0 Å². The number of hydrogen-bond acceptors (Lipinski definition) is 3. The molecule has 0 aliphatic carbocycles. The van der Waals surface area contributed by atoms with Crippen molar-refractivity contribution in [3.8, 4) is 5.75 Å². The van der Waals surface area contributed by atoms with Gasteiger partial charge in [0, 0.05) is 11.5 Å². The Bertz CT molecular complexity index is 464. The minimum atomic E-state index is 0.625. The lowest BCUT2D eigenvalue weighted by molar-refractivity contribution is 0.333. The summed E-state index contributed by atoms with van der Waals surface area (Å²) >= 11 is 12.2. The van der Waals surface area contributed by atoms with Crippen molar-refractivity contribution in [1.29, 1.82) is 0 Å². The van der Waals surface area contributed by atoms with E-state index in [-0.39, 0.29) is 0 Å². The van der Waals surface area contributed by atoms with Gasteiger partial charge in [0.05, 0.1) is 21.2 Å².